The number of rotatable bonds is 6. The molecule has 0 amide bonds. The molecule has 1 N–H and O–H groups in total. The Morgan fingerprint density at radius 2 is 2.07 bits per heavy atom. The quantitative estimate of drug-likeness (QED) is 0.569. The minimum atomic E-state index is 0.174. The summed E-state index contributed by atoms with van der Waals surface area (Å²) in [6.45, 7) is 9.42. The summed E-state index contributed by atoms with van der Waals surface area (Å²) < 4.78 is 5.72. The van der Waals surface area contributed by atoms with Crippen molar-refractivity contribution in [2.75, 3.05) is 13.1 Å². The van der Waals surface area contributed by atoms with Gasteiger partial charge in [0, 0.05) is 13.1 Å². The molecule has 0 saturated carbocycles. The predicted molar refractivity (Wildman–Crippen MR) is 64.3 cm³/mol. The van der Waals surface area contributed by atoms with Crippen molar-refractivity contribution in [2.45, 2.75) is 20.0 Å². The zero-order valence-corrected chi connectivity index (χ0v) is 9.49. The van der Waals surface area contributed by atoms with Crippen LogP contribution in [0.25, 0.3) is 0 Å². The molecule has 82 valence electrons. The lowest BCUT2D eigenvalue weighted by Crippen LogP contribution is -2.28. The van der Waals surface area contributed by atoms with Crippen molar-refractivity contribution in [1.29, 1.82) is 0 Å². The van der Waals surface area contributed by atoms with Gasteiger partial charge in [0.1, 0.15) is 11.9 Å². The summed E-state index contributed by atoms with van der Waals surface area (Å²) in [6.07, 6.45) is 2.02. The normalized spacial score (nSPS) is 12.1. The van der Waals surface area contributed by atoms with E-state index in [1.807, 2.05) is 18.2 Å². The van der Waals surface area contributed by atoms with E-state index in [9.17, 15) is 0 Å². The number of hydrogen-bond donors (Lipinski definition) is 1. The molecule has 15 heavy (non-hydrogen) atoms. The molecule has 0 saturated heterocycles. The molecule has 0 aliphatic carbocycles. The molecule has 1 unspecified atom stereocenters. The molecular weight excluding hydrogens is 186 g/mol. The van der Waals surface area contributed by atoms with Crippen LogP contribution in [0.15, 0.2) is 36.9 Å². The first-order chi connectivity index (χ1) is 7.22. The van der Waals surface area contributed by atoms with Crippen molar-refractivity contribution in [2.24, 2.45) is 0 Å². The molecule has 1 aromatic carbocycles. The van der Waals surface area contributed by atoms with Gasteiger partial charge in [0.25, 0.3) is 0 Å². The topological polar surface area (TPSA) is 21.3 Å². The van der Waals surface area contributed by atoms with E-state index in [1.165, 1.54) is 5.56 Å². The standard InChI is InChI=1S/C13H19NO/c1-4-9-14-10-12(3)15-13-7-5-11(2)6-8-13/h4-8,12,14H,1,9-10H2,2-3H3. The molecule has 1 atom stereocenters. The van der Waals surface area contributed by atoms with Gasteiger partial charge in [0.05, 0.1) is 0 Å². The summed E-state index contributed by atoms with van der Waals surface area (Å²) in [6, 6.07) is 8.11. The van der Waals surface area contributed by atoms with Crippen LogP contribution in [0.2, 0.25) is 0 Å². The Balaban J connectivity index is 2.34. The third kappa shape index (κ3) is 4.66. The Morgan fingerprint density at radius 1 is 1.40 bits per heavy atom. The lowest BCUT2D eigenvalue weighted by Gasteiger charge is -2.14. The highest BCUT2D eigenvalue weighted by molar-refractivity contribution is 5.26. The SMILES string of the molecule is C=CCNCC(C)Oc1ccc(C)cc1. The maximum Gasteiger partial charge on any atom is 0.119 e. The fourth-order valence-corrected chi connectivity index (χ4v) is 1.28. The van der Waals surface area contributed by atoms with E-state index >= 15 is 0 Å². The Hall–Kier alpha value is -1.28. The third-order valence-corrected chi connectivity index (χ3v) is 2.08. The largest absolute Gasteiger partial charge is 0.489 e. The molecule has 0 radical (unpaired) electrons. The minimum absolute atomic E-state index is 0.174. The fourth-order valence-electron chi connectivity index (χ4n) is 1.28. The van der Waals surface area contributed by atoms with Crippen LogP contribution in [-0.2, 0) is 0 Å². The van der Waals surface area contributed by atoms with Gasteiger partial charge in [-0.25, -0.2) is 0 Å². The van der Waals surface area contributed by atoms with Gasteiger partial charge in [-0.15, -0.1) is 6.58 Å². The molecule has 0 aliphatic rings. The lowest BCUT2D eigenvalue weighted by molar-refractivity contribution is 0.219. The highest BCUT2D eigenvalue weighted by Gasteiger charge is 2.02. The molecule has 0 aromatic heterocycles. The van der Waals surface area contributed by atoms with E-state index < -0.39 is 0 Å². The predicted octanol–water partition coefficient (Wildman–Crippen LogP) is 2.54. The molecule has 2 heteroatoms. The van der Waals surface area contributed by atoms with Crippen LogP contribution in [0.1, 0.15) is 12.5 Å². The summed E-state index contributed by atoms with van der Waals surface area (Å²) in [4.78, 5) is 0. The third-order valence-electron chi connectivity index (χ3n) is 2.08. The van der Waals surface area contributed by atoms with Gasteiger partial charge in [-0.2, -0.15) is 0 Å². The van der Waals surface area contributed by atoms with Gasteiger partial charge in [0.15, 0.2) is 0 Å². The first-order valence-electron chi connectivity index (χ1n) is 5.27. The van der Waals surface area contributed by atoms with E-state index in [1.54, 1.807) is 0 Å². The molecule has 0 heterocycles. The molecule has 0 fully saturated rings. The smallest absolute Gasteiger partial charge is 0.119 e. The van der Waals surface area contributed by atoms with Crippen LogP contribution < -0.4 is 10.1 Å². The van der Waals surface area contributed by atoms with Gasteiger partial charge in [0.2, 0.25) is 0 Å². The van der Waals surface area contributed by atoms with E-state index in [0.717, 1.165) is 18.8 Å². The highest BCUT2D eigenvalue weighted by atomic mass is 16.5. The summed E-state index contributed by atoms with van der Waals surface area (Å²) in [7, 11) is 0. The van der Waals surface area contributed by atoms with Crippen molar-refractivity contribution in [3.8, 4) is 5.75 Å². The van der Waals surface area contributed by atoms with E-state index in [-0.39, 0.29) is 6.10 Å². The summed E-state index contributed by atoms with van der Waals surface area (Å²) >= 11 is 0. The molecule has 1 aromatic rings. The van der Waals surface area contributed by atoms with Crippen molar-refractivity contribution in [1.82, 2.24) is 5.32 Å². The molecular formula is C13H19NO. The zero-order valence-electron chi connectivity index (χ0n) is 9.49. The molecule has 1 rings (SSSR count). The van der Waals surface area contributed by atoms with Gasteiger partial charge >= 0.3 is 0 Å². The summed E-state index contributed by atoms with van der Waals surface area (Å²) in [5.41, 5.74) is 1.25. The number of nitrogens with one attached hydrogen (secondary N) is 1. The van der Waals surface area contributed by atoms with Gasteiger partial charge in [-0.1, -0.05) is 23.8 Å². The zero-order chi connectivity index (χ0) is 11.1. The number of ether oxygens (including phenoxy) is 1. The van der Waals surface area contributed by atoms with Crippen LogP contribution >= 0.6 is 0 Å². The van der Waals surface area contributed by atoms with Crippen LogP contribution in [-0.4, -0.2) is 19.2 Å². The van der Waals surface area contributed by atoms with Crippen LogP contribution in [0.3, 0.4) is 0 Å². The van der Waals surface area contributed by atoms with Crippen LogP contribution in [0, 0.1) is 6.92 Å². The monoisotopic (exact) mass is 205 g/mol. The van der Waals surface area contributed by atoms with Crippen LogP contribution in [0.4, 0.5) is 0 Å². The number of aryl methyl sites for hydroxylation is 1. The van der Waals surface area contributed by atoms with E-state index in [0.29, 0.717) is 0 Å². The van der Waals surface area contributed by atoms with Crippen LogP contribution in [0.5, 0.6) is 5.75 Å². The van der Waals surface area contributed by atoms with Crippen molar-refractivity contribution in [3.05, 3.63) is 42.5 Å². The molecule has 0 bridgehead atoms. The maximum absolute atomic E-state index is 5.72. The van der Waals surface area contributed by atoms with Crippen molar-refractivity contribution in [3.63, 3.8) is 0 Å². The molecule has 0 aliphatic heterocycles. The first-order valence-corrected chi connectivity index (χ1v) is 5.27. The minimum Gasteiger partial charge on any atom is -0.489 e. The number of benzene rings is 1. The second-order valence-electron chi connectivity index (χ2n) is 3.69. The molecule has 2 nitrogen and oxygen atoms in total. The second kappa shape index (κ2) is 6.25. The Labute approximate surface area is 92.0 Å². The Bertz CT molecular complexity index is 292. The van der Waals surface area contributed by atoms with Crippen molar-refractivity contribution >= 4 is 0 Å². The highest BCUT2D eigenvalue weighted by Crippen LogP contribution is 2.12. The van der Waals surface area contributed by atoms with E-state index in [4.69, 9.17) is 4.74 Å². The summed E-state index contributed by atoms with van der Waals surface area (Å²) in [5.74, 6) is 0.925. The van der Waals surface area contributed by atoms with Gasteiger partial charge in [-0.05, 0) is 26.0 Å². The lowest BCUT2D eigenvalue weighted by atomic mass is 10.2. The second-order valence-corrected chi connectivity index (χ2v) is 3.69. The Kier molecular flexibility index (Phi) is 4.91. The average molecular weight is 205 g/mol. The van der Waals surface area contributed by atoms with Crippen molar-refractivity contribution < 1.29 is 4.74 Å². The van der Waals surface area contributed by atoms with E-state index in [2.05, 4.69) is 37.9 Å². The number of hydrogen-bond acceptors (Lipinski definition) is 2. The summed E-state index contributed by atoms with van der Waals surface area (Å²) in [5, 5.41) is 3.22. The van der Waals surface area contributed by atoms with Gasteiger partial charge in [-0.3, -0.25) is 0 Å². The van der Waals surface area contributed by atoms with Gasteiger partial charge < -0.3 is 10.1 Å². The average Bonchev–Trinajstić information content (AvgIpc) is 2.22. The maximum atomic E-state index is 5.72. The molecule has 0 spiro atoms. The fraction of sp³-hybridized carbons (Fsp3) is 0.385. The Morgan fingerprint density at radius 3 is 2.67 bits per heavy atom. The first kappa shape index (κ1) is 11.8.